The minimum atomic E-state index is -0.262. The van der Waals surface area contributed by atoms with Gasteiger partial charge in [-0.3, -0.25) is 4.79 Å². The Morgan fingerprint density at radius 2 is 2.00 bits per heavy atom. The second-order valence-electron chi connectivity index (χ2n) is 8.95. The first-order valence-electron chi connectivity index (χ1n) is 11.5. The van der Waals surface area contributed by atoms with Crippen molar-refractivity contribution in [2.24, 2.45) is 0 Å². The maximum atomic E-state index is 13.5. The standard InChI is InChI=1S/C25H34N2O4/c1-4-10-26-11-14-30-22-7-5-6-18-20(22)17-21(24(28)27-12-15-29-16-13-27)19-8-9-25(2,3)31-23(18)19/h5-7,17,26H,4,8-16H2,1-3H3. The minimum Gasteiger partial charge on any atom is -0.492 e. The lowest BCUT2D eigenvalue weighted by Crippen LogP contribution is -2.41. The van der Waals surface area contributed by atoms with Crippen LogP contribution in [0.25, 0.3) is 10.8 Å². The van der Waals surface area contributed by atoms with Gasteiger partial charge in [0, 0.05) is 41.5 Å². The fourth-order valence-corrected chi connectivity index (χ4v) is 4.31. The van der Waals surface area contributed by atoms with E-state index in [0.717, 1.165) is 65.8 Å². The quantitative estimate of drug-likeness (QED) is 0.683. The van der Waals surface area contributed by atoms with Gasteiger partial charge in [-0.2, -0.15) is 0 Å². The van der Waals surface area contributed by atoms with Gasteiger partial charge in [0.05, 0.1) is 13.2 Å². The van der Waals surface area contributed by atoms with Crippen molar-refractivity contribution in [3.05, 3.63) is 35.4 Å². The fourth-order valence-electron chi connectivity index (χ4n) is 4.31. The zero-order chi connectivity index (χ0) is 21.8. The number of morpholine rings is 1. The molecule has 31 heavy (non-hydrogen) atoms. The van der Waals surface area contributed by atoms with Crippen molar-refractivity contribution in [1.29, 1.82) is 0 Å². The minimum absolute atomic E-state index is 0.0594. The Kier molecular flexibility index (Phi) is 6.68. The zero-order valence-electron chi connectivity index (χ0n) is 19.0. The highest BCUT2D eigenvalue weighted by atomic mass is 16.5. The molecular weight excluding hydrogens is 392 g/mol. The molecule has 6 nitrogen and oxygen atoms in total. The predicted molar refractivity (Wildman–Crippen MR) is 122 cm³/mol. The molecule has 0 aliphatic carbocycles. The van der Waals surface area contributed by atoms with Gasteiger partial charge in [0.1, 0.15) is 23.7 Å². The third-order valence-electron chi connectivity index (χ3n) is 6.05. The molecule has 0 atom stereocenters. The highest BCUT2D eigenvalue weighted by Gasteiger charge is 2.33. The Bertz CT molecular complexity index is 935. The van der Waals surface area contributed by atoms with E-state index in [1.54, 1.807) is 0 Å². The topological polar surface area (TPSA) is 60.0 Å². The molecule has 0 bridgehead atoms. The first-order valence-corrected chi connectivity index (χ1v) is 11.5. The molecule has 0 saturated carbocycles. The lowest BCUT2D eigenvalue weighted by atomic mass is 9.88. The van der Waals surface area contributed by atoms with Crippen molar-refractivity contribution in [2.75, 3.05) is 46.0 Å². The summed E-state index contributed by atoms with van der Waals surface area (Å²) in [6, 6.07) is 8.07. The average Bonchev–Trinajstić information content (AvgIpc) is 2.78. The average molecular weight is 427 g/mol. The van der Waals surface area contributed by atoms with Crippen LogP contribution in [0.15, 0.2) is 24.3 Å². The normalized spacial score (nSPS) is 17.8. The summed E-state index contributed by atoms with van der Waals surface area (Å²) in [6.45, 7) is 11.1. The highest BCUT2D eigenvalue weighted by molar-refractivity contribution is 6.04. The molecule has 1 saturated heterocycles. The number of fused-ring (bicyclic) bond motifs is 3. The molecule has 1 fully saturated rings. The Morgan fingerprint density at radius 1 is 1.19 bits per heavy atom. The third kappa shape index (κ3) is 4.80. The van der Waals surface area contributed by atoms with Crippen LogP contribution in [0.4, 0.5) is 0 Å². The summed E-state index contributed by atoms with van der Waals surface area (Å²) in [5.74, 6) is 1.69. The van der Waals surface area contributed by atoms with Crippen molar-refractivity contribution in [3.63, 3.8) is 0 Å². The van der Waals surface area contributed by atoms with E-state index in [0.29, 0.717) is 32.9 Å². The molecule has 6 heteroatoms. The van der Waals surface area contributed by atoms with Crippen molar-refractivity contribution < 1.29 is 19.0 Å². The van der Waals surface area contributed by atoms with Gasteiger partial charge in [-0.15, -0.1) is 0 Å². The predicted octanol–water partition coefficient (Wildman–Crippen LogP) is 3.79. The molecule has 2 heterocycles. The van der Waals surface area contributed by atoms with Gasteiger partial charge in [-0.25, -0.2) is 0 Å². The van der Waals surface area contributed by atoms with E-state index in [1.807, 2.05) is 23.1 Å². The summed E-state index contributed by atoms with van der Waals surface area (Å²) in [7, 11) is 0. The third-order valence-corrected chi connectivity index (χ3v) is 6.05. The number of hydrogen-bond donors (Lipinski definition) is 1. The number of carbonyl (C=O) groups excluding carboxylic acids is 1. The molecule has 2 aromatic carbocycles. The summed E-state index contributed by atoms with van der Waals surface area (Å²) in [5, 5.41) is 5.31. The number of ether oxygens (including phenoxy) is 3. The summed E-state index contributed by atoms with van der Waals surface area (Å²) >= 11 is 0. The van der Waals surface area contributed by atoms with E-state index in [9.17, 15) is 4.79 Å². The van der Waals surface area contributed by atoms with Gasteiger partial charge in [0.15, 0.2) is 0 Å². The molecule has 2 aliphatic rings. The van der Waals surface area contributed by atoms with Crippen LogP contribution < -0.4 is 14.8 Å². The first-order chi connectivity index (χ1) is 15.0. The molecule has 0 radical (unpaired) electrons. The monoisotopic (exact) mass is 426 g/mol. The number of nitrogens with one attached hydrogen (secondary N) is 1. The molecule has 0 unspecified atom stereocenters. The summed E-state index contributed by atoms with van der Waals surface area (Å²) in [4.78, 5) is 15.4. The summed E-state index contributed by atoms with van der Waals surface area (Å²) in [6.07, 6.45) is 2.81. The summed E-state index contributed by atoms with van der Waals surface area (Å²) in [5.41, 5.74) is 1.49. The first kappa shape index (κ1) is 21.9. The van der Waals surface area contributed by atoms with Gasteiger partial charge in [0.2, 0.25) is 0 Å². The summed E-state index contributed by atoms with van der Waals surface area (Å²) < 4.78 is 18.0. The highest BCUT2D eigenvalue weighted by Crippen LogP contribution is 2.43. The van der Waals surface area contributed by atoms with Crippen molar-refractivity contribution in [2.45, 2.75) is 45.6 Å². The molecule has 1 N–H and O–H groups in total. The van der Waals surface area contributed by atoms with Crippen LogP contribution in [-0.2, 0) is 11.2 Å². The van der Waals surface area contributed by atoms with E-state index in [4.69, 9.17) is 14.2 Å². The SMILES string of the molecule is CCCNCCOc1cccc2c3c(c(C(=O)N4CCOCC4)cc12)CCC(C)(C)O3. The van der Waals surface area contributed by atoms with Crippen molar-refractivity contribution in [1.82, 2.24) is 10.2 Å². The molecule has 2 aliphatic heterocycles. The van der Waals surface area contributed by atoms with Crippen molar-refractivity contribution in [3.8, 4) is 11.5 Å². The number of benzene rings is 2. The smallest absolute Gasteiger partial charge is 0.254 e. The van der Waals surface area contributed by atoms with E-state index in [2.05, 4.69) is 32.2 Å². The second kappa shape index (κ2) is 9.45. The second-order valence-corrected chi connectivity index (χ2v) is 8.95. The van der Waals surface area contributed by atoms with Crippen LogP contribution in [0.1, 0.15) is 49.5 Å². The number of rotatable bonds is 7. The zero-order valence-corrected chi connectivity index (χ0v) is 19.0. The lowest BCUT2D eigenvalue weighted by molar-refractivity contribution is 0.0299. The molecule has 4 rings (SSSR count). The van der Waals surface area contributed by atoms with Crippen LogP contribution in [0.3, 0.4) is 0 Å². The van der Waals surface area contributed by atoms with Crippen LogP contribution in [-0.4, -0.2) is 62.4 Å². The number of hydrogen-bond acceptors (Lipinski definition) is 5. The maximum Gasteiger partial charge on any atom is 0.254 e. The van der Waals surface area contributed by atoms with E-state index < -0.39 is 0 Å². The lowest BCUT2D eigenvalue weighted by Gasteiger charge is -2.35. The molecular formula is C25H34N2O4. The Labute approximate surface area is 184 Å². The van der Waals surface area contributed by atoms with Gasteiger partial charge < -0.3 is 24.4 Å². The molecule has 168 valence electrons. The Morgan fingerprint density at radius 3 is 2.77 bits per heavy atom. The van der Waals surface area contributed by atoms with E-state index >= 15 is 0 Å². The number of carbonyl (C=O) groups is 1. The maximum absolute atomic E-state index is 13.5. The van der Waals surface area contributed by atoms with E-state index in [1.165, 1.54) is 0 Å². The van der Waals surface area contributed by atoms with Crippen LogP contribution in [0.2, 0.25) is 0 Å². The Balaban J connectivity index is 1.73. The number of amides is 1. The van der Waals surface area contributed by atoms with Crippen LogP contribution in [0.5, 0.6) is 11.5 Å². The van der Waals surface area contributed by atoms with Gasteiger partial charge >= 0.3 is 0 Å². The molecule has 0 aromatic heterocycles. The molecule has 2 aromatic rings. The van der Waals surface area contributed by atoms with Crippen LogP contribution in [0, 0.1) is 0 Å². The molecule has 1 amide bonds. The Hall–Kier alpha value is -2.31. The molecule has 0 spiro atoms. The number of nitrogens with zero attached hydrogens (tertiary/aromatic N) is 1. The van der Waals surface area contributed by atoms with Gasteiger partial charge in [0.25, 0.3) is 5.91 Å². The van der Waals surface area contributed by atoms with E-state index in [-0.39, 0.29) is 11.5 Å². The van der Waals surface area contributed by atoms with Gasteiger partial charge in [-0.1, -0.05) is 19.1 Å². The van der Waals surface area contributed by atoms with Crippen LogP contribution >= 0.6 is 0 Å². The fraction of sp³-hybridized carbons (Fsp3) is 0.560. The van der Waals surface area contributed by atoms with Gasteiger partial charge in [-0.05, 0) is 51.8 Å². The van der Waals surface area contributed by atoms with Crippen molar-refractivity contribution >= 4 is 16.7 Å². The largest absolute Gasteiger partial charge is 0.492 e.